The van der Waals surface area contributed by atoms with Gasteiger partial charge in [0.05, 0.1) is 0 Å². The number of hydrogen-bond acceptors (Lipinski definition) is 3. The largest absolute Gasteiger partial charge is 0.314 e. The summed E-state index contributed by atoms with van der Waals surface area (Å²) in [6, 6.07) is 0.592. The van der Waals surface area contributed by atoms with E-state index in [1.54, 1.807) is 0 Å². The van der Waals surface area contributed by atoms with Crippen LogP contribution in [0.5, 0.6) is 0 Å². The average Bonchev–Trinajstić information content (AvgIpc) is 2.44. The molecule has 0 saturated carbocycles. The van der Waals surface area contributed by atoms with E-state index in [4.69, 9.17) is 0 Å². The maximum Gasteiger partial charge on any atom is 0.0110 e. The summed E-state index contributed by atoms with van der Waals surface area (Å²) >= 11 is 0. The third-order valence-corrected chi connectivity index (χ3v) is 4.86. The Morgan fingerprint density at radius 2 is 1.47 bits per heavy atom. The summed E-state index contributed by atoms with van der Waals surface area (Å²) in [4.78, 5) is 5.24. The number of piperazine rings is 1. The highest BCUT2D eigenvalue weighted by atomic mass is 15.3. The van der Waals surface area contributed by atoms with Gasteiger partial charge in [-0.3, -0.25) is 0 Å². The Kier molecular flexibility index (Phi) is 7.33. The standard InChI is InChI=1S/C16H35N3/c1-6-16(7-2,13-17-15(4)5)14-19-11-9-18(8-3)10-12-19/h15,17H,6-14H2,1-5H3. The first-order chi connectivity index (χ1) is 9.05. The van der Waals surface area contributed by atoms with Crippen molar-refractivity contribution in [1.82, 2.24) is 15.1 Å². The Labute approximate surface area is 120 Å². The highest BCUT2D eigenvalue weighted by molar-refractivity contribution is 4.85. The number of nitrogens with zero attached hydrogens (tertiary/aromatic N) is 2. The Hall–Kier alpha value is -0.120. The van der Waals surface area contributed by atoms with Crippen molar-refractivity contribution in [3.63, 3.8) is 0 Å². The van der Waals surface area contributed by atoms with E-state index in [1.807, 2.05) is 0 Å². The SMILES string of the molecule is CCN1CCN(CC(CC)(CC)CNC(C)C)CC1. The number of hydrogen-bond donors (Lipinski definition) is 1. The Morgan fingerprint density at radius 3 is 1.89 bits per heavy atom. The van der Waals surface area contributed by atoms with E-state index in [0.29, 0.717) is 11.5 Å². The van der Waals surface area contributed by atoms with Crippen molar-refractivity contribution in [1.29, 1.82) is 0 Å². The number of rotatable bonds is 8. The zero-order chi connectivity index (χ0) is 14.3. The molecular formula is C16H35N3. The van der Waals surface area contributed by atoms with E-state index in [9.17, 15) is 0 Å². The van der Waals surface area contributed by atoms with E-state index < -0.39 is 0 Å². The van der Waals surface area contributed by atoms with Gasteiger partial charge in [-0.1, -0.05) is 34.6 Å². The molecule has 3 heteroatoms. The van der Waals surface area contributed by atoms with Crippen molar-refractivity contribution in [2.75, 3.05) is 45.8 Å². The van der Waals surface area contributed by atoms with Crippen molar-refractivity contribution in [2.45, 2.75) is 53.5 Å². The van der Waals surface area contributed by atoms with Gasteiger partial charge in [-0.2, -0.15) is 0 Å². The van der Waals surface area contributed by atoms with E-state index >= 15 is 0 Å². The molecule has 0 radical (unpaired) electrons. The smallest absolute Gasteiger partial charge is 0.0110 e. The molecule has 1 N–H and O–H groups in total. The molecule has 0 spiro atoms. The van der Waals surface area contributed by atoms with Gasteiger partial charge < -0.3 is 15.1 Å². The molecule has 0 aromatic heterocycles. The van der Waals surface area contributed by atoms with Gasteiger partial charge in [0, 0.05) is 45.3 Å². The predicted molar refractivity (Wildman–Crippen MR) is 84.7 cm³/mol. The molecule has 1 rings (SSSR count). The molecule has 0 aromatic rings. The van der Waals surface area contributed by atoms with Gasteiger partial charge in [0.1, 0.15) is 0 Å². The Bertz CT molecular complexity index is 228. The molecule has 0 aliphatic carbocycles. The van der Waals surface area contributed by atoms with E-state index in [2.05, 4.69) is 49.7 Å². The summed E-state index contributed by atoms with van der Waals surface area (Å²) < 4.78 is 0. The van der Waals surface area contributed by atoms with Gasteiger partial charge in [-0.05, 0) is 24.8 Å². The second-order valence-electron chi connectivity index (χ2n) is 6.45. The molecule has 1 aliphatic rings. The van der Waals surface area contributed by atoms with Crippen LogP contribution in [0.1, 0.15) is 47.5 Å². The summed E-state index contributed by atoms with van der Waals surface area (Å²) in [6.07, 6.45) is 2.55. The van der Waals surface area contributed by atoms with Gasteiger partial charge >= 0.3 is 0 Å². The minimum absolute atomic E-state index is 0.457. The summed E-state index contributed by atoms with van der Waals surface area (Å²) in [5.74, 6) is 0. The zero-order valence-electron chi connectivity index (χ0n) is 13.8. The fourth-order valence-corrected chi connectivity index (χ4v) is 2.94. The molecule has 19 heavy (non-hydrogen) atoms. The molecule has 0 aromatic carbocycles. The van der Waals surface area contributed by atoms with Gasteiger partial charge in [0.15, 0.2) is 0 Å². The summed E-state index contributed by atoms with van der Waals surface area (Å²) in [5.41, 5.74) is 0.457. The van der Waals surface area contributed by atoms with Crippen LogP contribution in [0, 0.1) is 5.41 Å². The van der Waals surface area contributed by atoms with E-state index in [0.717, 1.165) is 6.54 Å². The second-order valence-corrected chi connectivity index (χ2v) is 6.45. The maximum absolute atomic E-state index is 3.66. The predicted octanol–water partition coefficient (Wildman–Crippen LogP) is 2.43. The summed E-state index contributed by atoms with van der Waals surface area (Å²) in [7, 11) is 0. The molecule has 1 saturated heterocycles. The third kappa shape index (κ3) is 5.41. The van der Waals surface area contributed by atoms with Crippen LogP contribution in [0.2, 0.25) is 0 Å². The average molecular weight is 269 g/mol. The lowest BCUT2D eigenvalue weighted by molar-refractivity contribution is 0.0795. The first-order valence-electron chi connectivity index (χ1n) is 8.23. The van der Waals surface area contributed by atoms with Crippen molar-refractivity contribution >= 4 is 0 Å². The molecular weight excluding hydrogens is 234 g/mol. The lowest BCUT2D eigenvalue weighted by Gasteiger charge is -2.41. The van der Waals surface area contributed by atoms with Crippen LogP contribution in [-0.4, -0.2) is 61.7 Å². The summed E-state index contributed by atoms with van der Waals surface area (Å²) in [5, 5.41) is 3.66. The van der Waals surface area contributed by atoms with Gasteiger partial charge in [0.2, 0.25) is 0 Å². The monoisotopic (exact) mass is 269 g/mol. The van der Waals surface area contributed by atoms with Gasteiger partial charge in [0.25, 0.3) is 0 Å². The van der Waals surface area contributed by atoms with Crippen molar-refractivity contribution in [3.8, 4) is 0 Å². The van der Waals surface area contributed by atoms with E-state index in [1.165, 1.54) is 52.1 Å². The molecule has 0 bridgehead atoms. The molecule has 114 valence electrons. The minimum atomic E-state index is 0.457. The zero-order valence-corrected chi connectivity index (χ0v) is 13.8. The van der Waals surface area contributed by atoms with Crippen LogP contribution in [-0.2, 0) is 0 Å². The first-order valence-corrected chi connectivity index (χ1v) is 8.23. The molecule has 1 heterocycles. The molecule has 1 aliphatic heterocycles. The van der Waals surface area contributed by atoms with Crippen molar-refractivity contribution in [3.05, 3.63) is 0 Å². The third-order valence-electron chi connectivity index (χ3n) is 4.86. The van der Waals surface area contributed by atoms with Crippen LogP contribution >= 0.6 is 0 Å². The van der Waals surface area contributed by atoms with E-state index in [-0.39, 0.29) is 0 Å². The van der Waals surface area contributed by atoms with Crippen LogP contribution in [0.3, 0.4) is 0 Å². The lowest BCUT2D eigenvalue weighted by atomic mass is 9.81. The summed E-state index contributed by atoms with van der Waals surface area (Å²) in [6.45, 7) is 20.1. The molecule has 0 unspecified atom stereocenters. The molecule has 0 amide bonds. The molecule has 0 atom stereocenters. The Balaban J connectivity index is 2.48. The molecule has 1 fully saturated rings. The van der Waals surface area contributed by atoms with Crippen LogP contribution in [0.25, 0.3) is 0 Å². The number of likely N-dealkylation sites (N-methyl/N-ethyl adjacent to an activating group) is 1. The molecule has 3 nitrogen and oxygen atoms in total. The highest BCUT2D eigenvalue weighted by Crippen LogP contribution is 2.27. The minimum Gasteiger partial charge on any atom is -0.314 e. The van der Waals surface area contributed by atoms with Crippen molar-refractivity contribution < 1.29 is 0 Å². The van der Waals surface area contributed by atoms with Gasteiger partial charge in [-0.15, -0.1) is 0 Å². The van der Waals surface area contributed by atoms with Crippen LogP contribution in [0.4, 0.5) is 0 Å². The second kappa shape index (κ2) is 8.23. The quantitative estimate of drug-likeness (QED) is 0.730. The van der Waals surface area contributed by atoms with Gasteiger partial charge in [-0.25, -0.2) is 0 Å². The maximum atomic E-state index is 3.66. The number of nitrogens with one attached hydrogen (secondary N) is 1. The fraction of sp³-hybridized carbons (Fsp3) is 1.00. The topological polar surface area (TPSA) is 18.5 Å². The first kappa shape index (κ1) is 16.9. The van der Waals surface area contributed by atoms with Crippen LogP contribution in [0.15, 0.2) is 0 Å². The highest BCUT2D eigenvalue weighted by Gasteiger charge is 2.30. The Morgan fingerprint density at radius 1 is 0.947 bits per heavy atom. The normalized spacial score (nSPS) is 19.3. The van der Waals surface area contributed by atoms with Crippen LogP contribution < -0.4 is 5.32 Å². The van der Waals surface area contributed by atoms with Crippen molar-refractivity contribution in [2.24, 2.45) is 5.41 Å². The fourth-order valence-electron chi connectivity index (χ4n) is 2.94. The lowest BCUT2D eigenvalue weighted by Crippen LogP contribution is -2.51.